The second-order valence-electron chi connectivity index (χ2n) is 9.07. The molecule has 4 rings (SSSR count). The highest BCUT2D eigenvalue weighted by atomic mass is 16.2. The number of carbonyl (C=O) groups excluding carboxylic acids is 3. The minimum absolute atomic E-state index is 0.0977. The van der Waals surface area contributed by atoms with Crippen molar-refractivity contribution in [1.29, 1.82) is 0 Å². The fraction of sp³-hybridized carbons (Fsp3) is 0.400. The summed E-state index contributed by atoms with van der Waals surface area (Å²) in [6.07, 6.45) is 0. The van der Waals surface area contributed by atoms with Crippen molar-refractivity contribution < 1.29 is 14.4 Å². The average Bonchev–Trinajstić information content (AvgIpc) is 3.15. The van der Waals surface area contributed by atoms with E-state index in [1.165, 1.54) is 4.90 Å². The molecular weight excluding hydrogens is 390 g/mol. The van der Waals surface area contributed by atoms with Crippen LogP contribution in [0.5, 0.6) is 0 Å². The Bertz CT molecular complexity index is 1060. The number of rotatable bonds is 5. The van der Waals surface area contributed by atoms with Crippen LogP contribution in [-0.2, 0) is 17.9 Å². The molecule has 0 N–H and O–H groups in total. The van der Waals surface area contributed by atoms with Crippen LogP contribution in [0.4, 0.5) is 4.79 Å². The number of hydrogen-bond donors (Lipinski definition) is 0. The first-order valence-corrected chi connectivity index (χ1v) is 10.8. The van der Waals surface area contributed by atoms with Crippen LogP contribution >= 0.6 is 0 Å². The van der Waals surface area contributed by atoms with Gasteiger partial charge in [-0.25, -0.2) is 4.79 Å². The Morgan fingerprint density at radius 3 is 2.19 bits per heavy atom. The van der Waals surface area contributed by atoms with Crippen LogP contribution in [0.1, 0.15) is 56.1 Å². The number of likely N-dealkylation sites (N-methyl/N-ethyl adjacent to an activating group) is 1. The van der Waals surface area contributed by atoms with Gasteiger partial charge < -0.3 is 9.80 Å². The van der Waals surface area contributed by atoms with E-state index in [9.17, 15) is 14.4 Å². The summed E-state index contributed by atoms with van der Waals surface area (Å²) < 4.78 is 0. The average molecular weight is 420 g/mol. The Labute approximate surface area is 183 Å². The molecule has 2 aromatic rings. The zero-order chi connectivity index (χ0) is 22.5. The lowest BCUT2D eigenvalue weighted by molar-refractivity contribution is -0.131. The normalized spacial score (nSPS) is 17.9. The van der Waals surface area contributed by atoms with Crippen molar-refractivity contribution in [2.45, 2.75) is 59.3 Å². The summed E-state index contributed by atoms with van der Waals surface area (Å²) in [5, 5.41) is 0. The van der Waals surface area contributed by atoms with Crippen molar-refractivity contribution in [3.63, 3.8) is 0 Å². The summed E-state index contributed by atoms with van der Waals surface area (Å²) in [7, 11) is 0. The van der Waals surface area contributed by atoms with Crippen LogP contribution in [-0.4, -0.2) is 50.7 Å². The van der Waals surface area contributed by atoms with Crippen LogP contribution in [0.3, 0.4) is 0 Å². The minimum Gasteiger partial charge on any atom is -0.332 e. The van der Waals surface area contributed by atoms with Gasteiger partial charge in [0.15, 0.2) is 0 Å². The molecule has 2 aliphatic rings. The number of urea groups is 1. The van der Waals surface area contributed by atoms with Gasteiger partial charge >= 0.3 is 6.03 Å². The topological polar surface area (TPSA) is 60.9 Å². The van der Waals surface area contributed by atoms with E-state index in [2.05, 4.69) is 6.07 Å². The standard InChI is InChI=1S/C25H29N3O3/c1-6-26-23(30)25(4,5)28(24(26)31)14-17-7-9-18(10-8-17)19-11-12-21-20(13-19)15-27(16(2)3)22(21)29/h7-13,16H,6,14-15H2,1-5H3. The number of imide groups is 1. The lowest BCUT2D eigenvalue weighted by Gasteiger charge is -2.27. The number of nitrogens with zero attached hydrogens (tertiary/aromatic N) is 3. The molecule has 4 amide bonds. The molecule has 6 nitrogen and oxygen atoms in total. The van der Waals surface area contributed by atoms with Crippen LogP contribution < -0.4 is 0 Å². The van der Waals surface area contributed by atoms with E-state index in [0.717, 1.165) is 27.8 Å². The number of fused-ring (bicyclic) bond motifs is 1. The molecule has 0 radical (unpaired) electrons. The minimum atomic E-state index is -0.847. The molecule has 0 aliphatic carbocycles. The molecule has 0 aromatic heterocycles. The Morgan fingerprint density at radius 1 is 0.968 bits per heavy atom. The van der Waals surface area contributed by atoms with Crippen molar-refractivity contribution in [2.75, 3.05) is 6.54 Å². The number of carbonyl (C=O) groups is 3. The smallest absolute Gasteiger partial charge is 0.327 e. The van der Waals surface area contributed by atoms with Crippen molar-refractivity contribution >= 4 is 17.8 Å². The van der Waals surface area contributed by atoms with Gasteiger partial charge in [-0.15, -0.1) is 0 Å². The fourth-order valence-electron chi connectivity index (χ4n) is 4.39. The molecular formula is C25H29N3O3. The second kappa shape index (κ2) is 7.52. The van der Waals surface area contributed by atoms with Gasteiger partial charge in [0.25, 0.3) is 11.8 Å². The SMILES string of the molecule is CCN1C(=O)N(Cc2ccc(-c3ccc4c(c3)CN(C(C)C)C4=O)cc2)C(C)(C)C1=O. The van der Waals surface area contributed by atoms with Crippen LogP contribution in [0.25, 0.3) is 11.1 Å². The molecule has 2 heterocycles. The summed E-state index contributed by atoms with van der Waals surface area (Å²) in [6, 6.07) is 14.0. The maximum atomic E-state index is 12.7. The zero-order valence-electron chi connectivity index (χ0n) is 18.8. The van der Waals surface area contributed by atoms with E-state index in [0.29, 0.717) is 19.6 Å². The summed E-state index contributed by atoms with van der Waals surface area (Å²) in [5.41, 5.74) is 4.09. The zero-order valence-corrected chi connectivity index (χ0v) is 18.8. The Morgan fingerprint density at radius 2 is 1.61 bits per heavy atom. The maximum absolute atomic E-state index is 12.7. The van der Waals surface area contributed by atoms with E-state index in [1.54, 1.807) is 18.7 Å². The van der Waals surface area contributed by atoms with E-state index in [1.807, 2.05) is 62.1 Å². The van der Waals surface area contributed by atoms with E-state index >= 15 is 0 Å². The molecule has 31 heavy (non-hydrogen) atoms. The quantitative estimate of drug-likeness (QED) is 0.680. The van der Waals surface area contributed by atoms with Crippen molar-refractivity contribution in [1.82, 2.24) is 14.7 Å². The van der Waals surface area contributed by atoms with Gasteiger partial charge in [0.2, 0.25) is 0 Å². The molecule has 0 bridgehead atoms. The molecule has 6 heteroatoms. The maximum Gasteiger partial charge on any atom is 0.327 e. The van der Waals surface area contributed by atoms with Gasteiger partial charge in [0.05, 0.1) is 0 Å². The summed E-state index contributed by atoms with van der Waals surface area (Å²) in [6.45, 7) is 10.9. The summed E-state index contributed by atoms with van der Waals surface area (Å²) >= 11 is 0. The van der Waals surface area contributed by atoms with E-state index in [4.69, 9.17) is 0 Å². The van der Waals surface area contributed by atoms with Gasteiger partial charge in [-0.1, -0.05) is 30.3 Å². The van der Waals surface area contributed by atoms with Crippen molar-refractivity contribution in [3.8, 4) is 11.1 Å². The van der Waals surface area contributed by atoms with E-state index < -0.39 is 5.54 Å². The highest BCUT2D eigenvalue weighted by Gasteiger charge is 2.50. The third-order valence-electron chi connectivity index (χ3n) is 6.41. The molecule has 162 valence electrons. The first kappa shape index (κ1) is 21.1. The van der Waals surface area contributed by atoms with Gasteiger partial charge in [-0.2, -0.15) is 0 Å². The van der Waals surface area contributed by atoms with Gasteiger partial charge in [0.1, 0.15) is 5.54 Å². The number of benzene rings is 2. The van der Waals surface area contributed by atoms with E-state index in [-0.39, 0.29) is 23.9 Å². The van der Waals surface area contributed by atoms with Gasteiger partial charge in [-0.3, -0.25) is 14.5 Å². The summed E-state index contributed by atoms with van der Waals surface area (Å²) in [5.74, 6) is -0.0554. The third-order valence-corrected chi connectivity index (χ3v) is 6.41. The fourth-order valence-corrected chi connectivity index (χ4v) is 4.39. The molecule has 2 aliphatic heterocycles. The van der Waals surface area contributed by atoms with Crippen molar-refractivity contribution in [2.24, 2.45) is 0 Å². The Hall–Kier alpha value is -3.15. The number of amides is 4. The molecule has 1 fully saturated rings. The first-order chi connectivity index (χ1) is 14.6. The lowest BCUT2D eigenvalue weighted by Crippen LogP contribution is -2.43. The number of hydrogen-bond acceptors (Lipinski definition) is 3. The lowest BCUT2D eigenvalue weighted by atomic mass is 9.99. The van der Waals surface area contributed by atoms with Gasteiger partial charge in [0, 0.05) is 31.2 Å². The van der Waals surface area contributed by atoms with Crippen LogP contribution in [0.2, 0.25) is 0 Å². The molecule has 1 saturated heterocycles. The highest BCUT2D eigenvalue weighted by Crippen LogP contribution is 2.32. The van der Waals surface area contributed by atoms with Crippen LogP contribution in [0, 0.1) is 0 Å². The predicted molar refractivity (Wildman–Crippen MR) is 119 cm³/mol. The third kappa shape index (κ3) is 3.40. The second-order valence-corrected chi connectivity index (χ2v) is 9.07. The molecule has 0 atom stereocenters. The Kier molecular flexibility index (Phi) is 5.12. The van der Waals surface area contributed by atoms with Crippen molar-refractivity contribution in [3.05, 3.63) is 59.2 Å². The molecule has 0 saturated carbocycles. The Balaban J connectivity index is 1.54. The summed E-state index contributed by atoms with van der Waals surface area (Å²) in [4.78, 5) is 42.5. The first-order valence-electron chi connectivity index (χ1n) is 10.8. The largest absolute Gasteiger partial charge is 0.332 e. The monoisotopic (exact) mass is 419 g/mol. The molecule has 2 aromatic carbocycles. The predicted octanol–water partition coefficient (Wildman–Crippen LogP) is 4.28. The molecule has 0 unspecified atom stereocenters. The molecule has 0 spiro atoms. The van der Waals surface area contributed by atoms with Crippen LogP contribution in [0.15, 0.2) is 42.5 Å². The highest BCUT2D eigenvalue weighted by molar-refractivity contribution is 6.06. The van der Waals surface area contributed by atoms with Gasteiger partial charge in [-0.05, 0) is 69.0 Å².